The molecule has 0 atom stereocenters. The quantitative estimate of drug-likeness (QED) is 0.790. The molecule has 0 spiro atoms. The molecule has 0 aromatic heterocycles. The second-order valence-electron chi connectivity index (χ2n) is 4.48. The van der Waals surface area contributed by atoms with Crippen LogP contribution in [0.3, 0.4) is 0 Å². The number of ether oxygens (including phenoxy) is 2. The third kappa shape index (κ3) is 6.02. The van der Waals surface area contributed by atoms with Gasteiger partial charge in [0.25, 0.3) is 0 Å². The number of hydrogen-bond acceptors (Lipinski definition) is 3. The minimum absolute atomic E-state index is 0.0549. The van der Waals surface area contributed by atoms with Crippen LogP contribution in [0.25, 0.3) is 6.08 Å². The van der Waals surface area contributed by atoms with Gasteiger partial charge in [0.05, 0.1) is 6.61 Å². The Labute approximate surface area is 118 Å². The Hall–Kier alpha value is -1.62. The van der Waals surface area contributed by atoms with Gasteiger partial charge >= 0.3 is 6.61 Å². The van der Waals surface area contributed by atoms with Gasteiger partial charge in [0.15, 0.2) is 11.5 Å². The Bertz CT molecular complexity index is 434. The second-order valence-corrected chi connectivity index (χ2v) is 4.48. The Morgan fingerprint density at radius 1 is 1.25 bits per heavy atom. The van der Waals surface area contributed by atoms with Crippen LogP contribution < -0.4 is 14.8 Å². The molecular formula is C15H21F2NO2. The number of rotatable bonds is 8. The Kier molecular flexibility index (Phi) is 7.01. The topological polar surface area (TPSA) is 30.5 Å². The smallest absolute Gasteiger partial charge is 0.387 e. The first-order chi connectivity index (χ1) is 9.52. The van der Waals surface area contributed by atoms with Crippen LogP contribution in [0, 0.1) is 0 Å². The summed E-state index contributed by atoms with van der Waals surface area (Å²) in [4.78, 5) is 0. The summed E-state index contributed by atoms with van der Waals surface area (Å²) in [6, 6.07) is 5.31. The summed E-state index contributed by atoms with van der Waals surface area (Å²) < 4.78 is 34.3. The highest BCUT2D eigenvalue weighted by Gasteiger charge is 2.10. The molecular weight excluding hydrogens is 264 g/mol. The maximum atomic E-state index is 12.3. The number of halogens is 2. The van der Waals surface area contributed by atoms with E-state index in [2.05, 4.69) is 23.9 Å². The predicted octanol–water partition coefficient (Wildman–Crippen LogP) is 3.70. The summed E-state index contributed by atoms with van der Waals surface area (Å²) in [6.07, 6.45) is 3.88. The lowest BCUT2D eigenvalue weighted by molar-refractivity contribution is -0.0514. The average Bonchev–Trinajstić information content (AvgIpc) is 2.37. The number of benzene rings is 1. The first-order valence-electron chi connectivity index (χ1n) is 6.64. The van der Waals surface area contributed by atoms with E-state index in [1.807, 2.05) is 12.2 Å². The highest BCUT2D eigenvalue weighted by Crippen LogP contribution is 2.30. The van der Waals surface area contributed by atoms with Gasteiger partial charge in [0.2, 0.25) is 0 Å². The maximum absolute atomic E-state index is 12.3. The zero-order valence-corrected chi connectivity index (χ0v) is 12.0. The van der Waals surface area contributed by atoms with E-state index < -0.39 is 6.61 Å². The Balaban J connectivity index is 2.76. The van der Waals surface area contributed by atoms with Crippen LogP contribution in [-0.2, 0) is 0 Å². The molecule has 0 fully saturated rings. The van der Waals surface area contributed by atoms with E-state index in [1.165, 1.54) is 6.07 Å². The Morgan fingerprint density at radius 2 is 2.00 bits per heavy atom. The van der Waals surface area contributed by atoms with Crippen molar-refractivity contribution in [2.75, 3.05) is 13.2 Å². The molecule has 0 unspecified atom stereocenters. The minimum atomic E-state index is -2.86. The minimum Gasteiger partial charge on any atom is -0.490 e. The van der Waals surface area contributed by atoms with E-state index in [9.17, 15) is 8.78 Å². The number of nitrogens with one attached hydrogen (secondary N) is 1. The highest BCUT2D eigenvalue weighted by molar-refractivity contribution is 5.56. The van der Waals surface area contributed by atoms with E-state index in [4.69, 9.17) is 4.74 Å². The standard InChI is InChI=1S/C15H21F2NO2/c1-4-19-14-10-12(6-5-9-18-11(2)3)7-8-13(14)20-15(16)17/h5-8,10-11,15,18H,4,9H2,1-3H3. The van der Waals surface area contributed by atoms with E-state index >= 15 is 0 Å². The maximum Gasteiger partial charge on any atom is 0.387 e. The molecule has 0 radical (unpaired) electrons. The van der Waals surface area contributed by atoms with Gasteiger partial charge in [-0.25, -0.2) is 0 Å². The van der Waals surface area contributed by atoms with Crippen LogP contribution in [-0.4, -0.2) is 25.8 Å². The lowest BCUT2D eigenvalue weighted by Crippen LogP contribution is -2.22. The molecule has 1 aromatic carbocycles. The van der Waals surface area contributed by atoms with E-state index in [0.717, 1.165) is 12.1 Å². The van der Waals surface area contributed by atoms with Crippen molar-refractivity contribution in [3.63, 3.8) is 0 Å². The first-order valence-corrected chi connectivity index (χ1v) is 6.64. The van der Waals surface area contributed by atoms with Gasteiger partial charge in [-0.3, -0.25) is 0 Å². The Morgan fingerprint density at radius 3 is 2.60 bits per heavy atom. The molecule has 20 heavy (non-hydrogen) atoms. The third-order valence-electron chi connectivity index (χ3n) is 2.44. The SMILES string of the molecule is CCOc1cc(C=CCNC(C)C)ccc1OC(F)F. The molecule has 112 valence electrons. The molecule has 0 saturated heterocycles. The van der Waals surface area contributed by atoms with E-state index in [-0.39, 0.29) is 5.75 Å². The van der Waals surface area contributed by atoms with Gasteiger partial charge in [0, 0.05) is 12.6 Å². The van der Waals surface area contributed by atoms with Crippen molar-refractivity contribution in [1.29, 1.82) is 0 Å². The molecule has 0 saturated carbocycles. The van der Waals surface area contributed by atoms with Crippen LogP contribution in [0.1, 0.15) is 26.3 Å². The van der Waals surface area contributed by atoms with Crippen LogP contribution in [0.15, 0.2) is 24.3 Å². The second kappa shape index (κ2) is 8.53. The van der Waals surface area contributed by atoms with Crippen LogP contribution >= 0.6 is 0 Å². The summed E-state index contributed by atoms with van der Waals surface area (Å²) in [5.74, 6) is 0.381. The highest BCUT2D eigenvalue weighted by atomic mass is 19.3. The summed E-state index contributed by atoms with van der Waals surface area (Å²) >= 11 is 0. The van der Waals surface area contributed by atoms with Crippen LogP contribution in [0.4, 0.5) is 8.78 Å². The molecule has 0 aliphatic heterocycles. The summed E-state index contributed by atoms with van der Waals surface area (Å²) in [7, 11) is 0. The van der Waals surface area contributed by atoms with Crippen molar-refractivity contribution in [1.82, 2.24) is 5.32 Å². The van der Waals surface area contributed by atoms with Gasteiger partial charge in [-0.05, 0) is 24.6 Å². The third-order valence-corrected chi connectivity index (χ3v) is 2.44. The summed E-state index contributed by atoms with van der Waals surface area (Å²) in [5.41, 5.74) is 0.876. The van der Waals surface area contributed by atoms with Gasteiger partial charge in [-0.1, -0.05) is 32.1 Å². The number of alkyl halides is 2. The average molecular weight is 285 g/mol. The van der Waals surface area contributed by atoms with E-state index in [1.54, 1.807) is 19.1 Å². The molecule has 3 nitrogen and oxygen atoms in total. The van der Waals surface area contributed by atoms with Crippen molar-refractivity contribution in [2.24, 2.45) is 0 Å². The van der Waals surface area contributed by atoms with Crippen molar-refractivity contribution in [3.05, 3.63) is 29.8 Å². The molecule has 0 heterocycles. The van der Waals surface area contributed by atoms with Gasteiger partial charge < -0.3 is 14.8 Å². The normalized spacial score (nSPS) is 11.6. The molecule has 1 aromatic rings. The molecule has 5 heteroatoms. The lowest BCUT2D eigenvalue weighted by Gasteiger charge is -2.11. The molecule has 1 N–H and O–H groups in total. The summed E-state index contributed by atoms with van der Waals surface area (Å²) in [6.45, 7) is 4.21. The van der Waals surface area contributed by atoms with Gasteiger partial charge in [-0.15, -0.1) is 0 Å². The van der Waals surface area contributed by atoms with Crippen molar-refractivity contribution in [2.45, 2.75) is 33.4 Å². The van der Waals surface area contributed by atoms with Gasteiger partial charge in [0.1, 0.15) is 0 Å². The summed E-state index contributed by atoms with van der Waals surface area (Å²) in [5, 5.41) is 3.25. The van der Waals surface area contributed by atoms with Crippen molar-refractivity contribution >= 4 is 6.08 Å². The predicted molar refractivity (Wildman–Crippen MR) is 76.4 cm³/mol. The largest absolute Gasteiger partial charge is 0.490 e. The lowest BCUT2D eigenvalue weighted by atomic mass is 10.2. The molecule has 0 amide bonds. The van der Waals surface area contributed by atoms with Gasteiger partial charge in [-0.2, -0.15) is 8.78 Å². The van der Waals surface area contributed by atoms with E-state index in [0.29, 0.717) is 18.4 Å². The molecule has 0 aliphatic carbocycles. The fourth-order valence-electron chi connectivity index (χ4n) is 1.59. The fourth-order valence-corrected chi connectivity index (χ4v) is 1.59. The van der Waals surface area contributed by atoms with Crippen LogP contribution in [0.5, 0.6) is 11.5 Å². The van der Waals surface area contributed by atoms with Crippen LogP contribution in [0.2, 0.25) is 0 Å². The fraction of sp³-hybridized carbons (Fsp3) is 0.467. The number of hydrogen-bond donors (Lipinski definition) is 1. The first kappa shape index (κ1) is 16.4. The van der Waals surface area contributed by atoms with Crippen molar-refractivity contribution in [3.8, 4) is 11.5 Å². The molecule has 0 aliphatic rings. The molecule has 1 rings (SSSR count). The zero-order chi connectivity index (χ0) is 15.0. The molecule has 0 bridgehead atoms. The van der Waals surface area contributed by atoms with Crippen molar-refractivity contribution < 1.29 is 18.3 Å². The monoisotopic (exact) mass is 285 g/mol. The zero-order valence-electron chi connectivity index (χ0n) is 12.0.